The van der Waals surface area contributed by atoms with Crippen LogP contribution in [-0.4, -0.2) is 29.9 Å². The number of carbonyl (C=O) groups is 3. The molecule has 0 aliphatic heterocycles. The third-order valence-corrected chi connectivity index (χ3v) is 5.01. The minimum Gasteiger partial charge on any atom is -0.465 e. The number of aromatic nitrogens is 1. The Morgan fingerprint density at radius 3 is 2.55 bits per heavy atom. The third-order valence-electron chi connectivity index (χ3n) is 5.01. The molecule has 2 rings (SSSR count). The Kier molecular flexibility index (Phi) is 7.59. The Labute approximate surface area is 171 Å². The summed E-state index contributed by atoms with van der Waals surface area (Å²) in [6.45, 7) is 7.76. The van der Waals surface area contributed by atoms with E-state index in [0.29, 0.717) is 41.2 Å². The predicted octanol–water partition coefficient (Wildman–Crippen LogP) is 3.59. The van der Waals surface area contributed by atoms with Gasteiger partial charge in [-0.3, -0.25) is 9.59 Å². The number of hydrogen-bond donors (Lipinski definition) is 3. The lowest BCUT2D eigenvalue weighted by Crippen LogP contribution is -2.24. The van der Waals surface area contributed by atoms with Crippen LogP contribution in [0.5, 0.6) is 0 Å². The van der Waals surface area contributed by atoms with E-state index in [9.17, 15) is 14.4 Å². The molecule has 0 aliphatic carbocycles. The van der Waals surface area contributed by atoms with Crippen LogP contribution in [0.4, 0.5) is 5.69 Å². The standard InChI is InChI=1S/C22H29N3O4/c1-6-13(3)20(26)24-16-10-8-9-15(11-16)12-23-21(27)19-14(4)18(22(28)29-5)17(7-2)25-19/h8-11,13,25H,6-7,12H2,1-5H3,(H,23,27)(H,24,26). The summed E-state index contributed by atoms with van der Waals surface area (Å²) in [6.07, 6.45) is 1.35. The van der Waals surface area contributed by atoms with Gasteiger partial charge >= 0.3 is 5.97 Å². The molecule has 0 saturated heterocycles. The van der Waals surface area contributed by atoms with Crippen LogP contribution in [0.1, 0.15) is 64.9 Å². The first-order valence-corrected chi connectivity index (χ1v) is 9.80. The molecular formula is C22H29N3O4. The highest BCUT2D eigenvalue weighted by atomic mass is 16.5. The maximum atomic E-state index is 12.7. The fourth-order valence-corrected chi connectivity index (χ4v) is 3.01. The van der Waals surface area contributed by atoms with E-state index >= 15 is 0 Å². The van der Waals surface area contributed by atoms with Gasteiger partial charge < -0.3 is 20.4 Å². The third kappa shape index (κ3) is 5.25. The van der Waals surface area contributed by atoms with E-state index in [-0.39, 0.29) is 17.7 Å². The van der Waals surface area contributed by atoms with Crippen molar-refractivity contribution in [2.24, 2.45) is 5.92 Å². The number of ether oxygens (including phenoxy) is 1. The van der Waals surface area contributed by atoms with Gasteiger partial charge in [0.05, 0.1) is 12.7 Å². The first kappa shape index (κ1) is 22.2. The maximum absolute atomic E-state index is 12.7. The molecule has 1 atom stereocenters. The van der Waals surface area contributed by atoms with E-state index in [4.69, 9.17) is 4.74 Å². The highest BCUT2D eigenvalue weighted by Crippen LogP contribution is 2.20. The number of anilines is 1. The number of rotatable bonds is 8. The smallest absolute Gasteiger partial charge is 0.339 e. The van der Waals surface area contributed by atoms with Crippen molar-refractivity contribution in [2.45, 2.75) is 47.1 Å². The number of aryl methyl sites for hydroxylation is 1. The molecule has 2 aromatic rings. The van der Waals surface area contributed by atoms with Crippen molar-refractivity contribution in [1.82, 2.24) is 10.3 Å². The maximum Gasteiger partial charge on any atom is 0.339 e. The molecule has 0 saturated carbocycles. The Morgan fingerprint density at radius 1 is 1.21 bits per heavy atom. The molecule has 1 aromatic carbocycles. The van der Waals surface area contributed by atoms with Gasteiger partial charge in [-0.05, 0) is 43.0 Å². The number of esters is 1. The van der Waals surface area contributed by atoms with Crippen LogP contribution < -0.4 is 10.6 Å². The summed E-state index contributed by atoms with van der Waals surface area (Å²) in [6, 6.07) is 7.35. The number of H-pyrrole nitrogens is 1. The number of nitrogens with one attached hydrogen (secondary N) is 3. The second-order valence-electron chi connectivity index (χ2n) is 7.01. The number of methoxy groups -OCH3 is 1. The van der Waals surface area contributed by atoms with Gasteiger partial charge in [0.1, 0.15) is 5.69 Å². The van der Waals surface area contributed by atoms with Crippen LogP contribution >= 0.6 is 0 Å². The molecule has 0 aliphatic rings. The lowest BCUT2D eigenvalue weighted by atomic mass is 10.1. The molecule has 1 unspecified atom stereocenters. The van der Waals surface area contributed by atoms with Crippen molar-refractivity contribution >= 4 is 23.5 Å². The zero-order chi connectivity index (χ0) is 21.6. The molecule has 0 radical (unpaired) electrons. The van der Waals surface area contributed by atoms with Gasteiger partial charge in [0, 0.05) is 23.8 Å². The van der Waals surface area contributed by atoms with Gasteiger partial charge in [-0.2, -0.15) is 0 Å². The molecule has 0 fully saturated rings. The van der Waals surface area contributed by atoms with Crippen molar-refractivity contribution in [3.05, 3.63) is 52.3 Å². The van der Waals surface area contributed by atoms with Crippen molar-refractivity contribution in [3.63, 3.8) is 0 Å². The summed E-state index contributed by atoms with van der Waals surface area (Å²) in [5, 5.41) is 5.75. The van der Waals surface area contributed by atoms with Gasteiger partial charge in [-0.15, -0.1) is 0 Å². The van der Waals surface area contributed by atoms with E-state index in [1.807, 2.05) is 45.0 Å². The summed E-state index contributed by atoms with van der Waals surface area (Å²) < 4.78 is 4.83. The van der Waals surface area contributed by atoms with Crippen molar-refractivity contribution < 1.29 is 19.1 Å². The van der Waals surface area contributed by atoms with E-state index in [0.717, 1.165) is 12.0 Å². The summed E-state index contributed by atoms with van der Waals surface area (Å²) >= 11 is 0. The van der Waals surface area contributed by atoms with Crippen LogP contribution in [0.15, 0.2) is 24.3 Å². The lowest BCUT2D eigenvalue weighted by Gasteiger charge is -2.11. The van der Waals surface area contributed by atoms with Crippen molar-refractivity contribution in [2.75, 3.05) is 12.4 Å². The Morgan fingerprint density at radius 2 is 1.93 bits per heavy atom. The molecule has 7 nitrogen and oxygen atoms in total. The van der Waals surface area contributed by atoms with Gasteiger partial charge in [0.2, 0.25) is 5.91 Å². The monoisotopic (exact) mass is 399 g/mol. The van der Waals surface area contributed by atoms with E-state index in [1.54, 1.807) is 6.92 Å². The molecule has 156 valence electrons. The zero-order valence-corrected chi connectivity index (χ0v) is 17.6. The van der Waals surface area contributed by atoms with Gasteiger partial charge in [0.15, 0.2) is 0 Å². The summed E-state index contributed by atoms with van der Waals surface area (Å²) in [7, 11) is 1.32. The largest absolute Gasteiger partial charge is 0.465 e. The van der Waals surface area contributed by atoms with E-state index < -0.39 is 5.97 Å². The summed E-state index contributed by atoms with van der Waals surface area (Å²) in [5.74, 6) is -0.857. The van der Waals surface area contributed by atoms with Gasteiger partial charge in [-0.1, -0.05) is 32.9 Å². The molecule has 7 heteroatoms. The molecule has 2 amide bonds. The number of carbonyl (C=O) groups excluding carboxylic acids is 3. The van der Waals surface area contributed by atoms with Crippen LogP contribution in [0.3, 0.4) is 0 Å². The normalized spacial score (nSPS) is 11.6. The molecule has 0 spiro atoms. The van der Waals surface area contributed by atoms with Crippen LogP contribution in [-0.2, 0) is 22.5 Å². The molecule has 0 bridgehead atoms. The minimum absolute atomic E-state index is 0.0295. The topological polar surface area (TPSA) is 100 Å². The lowest BCUT2D eigenvalue weighted by molar-refractivity contribution is -0.119. The second kappa shape index (κ2) is 9.91. The van der Waals surface area contributed by atoms with Crippen LogP contribution in [0, 0.1) is 12.8 Å². The number of benzene rings is 1. The fraction of sp³-hybridized carbons (Fsp3) is 0.409. The van der Waals surface area contributed by atoms with Crippen LogP contribution in [0.25, 0.3) is 0 Å². The van der Waals surface area contributed by atoms with Crippen molar-refractivity contribution in [1.29, 1.82) is 0 Å². The average Bonchev–Trinajstić information content (AvgIpc) is 3.07. The minimum atomic E-state index is -0.459. The Hall–Kier alpha value is -3.09. The quantitative estimate of drug-likeness (QED) is 0.591. The highest BCUT2D eigenvalue weighted by Gasteiger charge is 2.23. The highest BCUT2D eigenvalue weighted by molar-refractivity contribution is 6.00. The van der Waals surface area contributed by atoms with E-state index in [2.05, 4.69) is 15.6 Å². The molecular weight excluding hydrogens is 370 g/mol. The molecule has 3 N–H and O–H groups in total. The zero-order valence-electron chi connectivity index (χ0n) is 17.6. The Bertz CT molecular complexity index is 901. The molecule has 1 heterocycles. The van der Waals surface area contributed by atoms with Gasteiger partial charge in [-0.25, -0.2) is 4.79 Å². The Balaban J connectivity index is 2.10. The molecule has 1 aromatic heterocycles. The second-order valence-corrected chi connectivity index (χ2v) is 7.01. The van der Waals surface area contributed by atoms with E-state index in [1.165, 1.54) is 7.11 Å². The number of amides is 2. The summed E-state index contributed by atoms with van der Waals surface area (Å²) in [4.78, 5) is 39.8. The molecule has 29 heavy (non-hydrogen) atoms. The van der Waals surface area contributed by atoms with Gasteiger partial charge in [0.25, 0.3) is 5.91 Å². The first-order valence-electron chi connectivity index (χ1n) is 9.80. The van der Waals surface area contributed by atoms with Crippen molar-refractivity contribution in [3.8, 4) is 0 Å². The van der Waals surface area contributed by atoms with Crippen LogP contribution in [0.2, 0.25) is 0 Å². The SMILES string of the molecule is CCc1[nH]c(C(=O)NCc2cccc(NC(=O)C(C)CC)c2)c(C)c1C(=O)OC. The summed E-state index contributed by atoms with van der Waals surface area (Å²) in [5.41, 5.74) is 3.56. The first-order chi connectivity index (χ1) is 13.8. The predicted molar refractivity (Wildman–Crippen MR) is 112 cm³/mol. The number of hydrogen-bond acceptors (Lipinski definition) is 4. The average molecular weight is 399 g/mol. The number of aromatic amines is 1. The fourth-order valence-electron chi connectivity index (χ4n) is 3.01.